The Hall–Kier alpha value is -1.63. The smallest absolute Gasteiger partial charge is 0.252 e. The molecule has 25 heavy (non-hydrogen) atoms. The lowest BCUT2D eigenvalue weighted by molar-refractivity contribution is -0.146. The van der Waals surface area contributed by atoms with Crippen molar-refractivity contribution >= 4 is 5.91 Å². The van der Waals surface area contributed by atoms with E-state index in [1.807, 2.05) is 32.0 Å². The van der Waals surface area contributed by atoms with E-state index in [2.05, 4.69) is 10.6 Å². The number of nitrogens with one attached hydrogen (secondary N) is 2. The molecule has 0 spiro atoms. The summed E-state index contributed by atoms with van der Waals surface area (Å²) in [5, 5.41) is 6.28. The van der Waals surface area contributed by atoms with Gasteiger partial charge in [0.25, 0.3) is 5.91 Å². The van der Waals surface area contributed by atoms with Crippen molar-refractivity contribution in [1.29, 1.82) is 0 Å². The molecule has 0 bridgehead atoms. The second-order valence-corrected chi connectivity index (χ2v) is 6.29. The maximum Gasteiger partial charge on any atom is 0.252 e. The molecule has 1 saturated heterocycles. The van der Waals surface area contributed by atoms with Gasteiger partial charge >= 0.3 is 0 Å². The van der Waals surface area contributed by atoms with Crippen LogP contribution in [0.1, 0.15) is 30.9 Å². The van der Waals surface area contributed by atoms with Gasteiger partial charge in [0.2, 0.25) is 0 Å². The third-order valence-corrected chi connectivity index (χ3v) is 4.57. The second-order valence-electron chi connectivity index (χ2n) is 6.29. The van der Waals surface area contributed by atoms with Gasteiger partial charge in [0.05, 0.1) is 6.61 Å². The van der Waals surface area contributed by atoms with Crippen LogP contribution in [0.2, 0.25) is 0 Å². The number of methoxy groups -OCH3 is 1. The minimum absolute atomic E-state index is 0.0580. The summed E-state index contributed by atoms with van der Waals surface area (Å²) in [5.74, 6) is 0.731. The van der Waals surface area contributed by atoms with E-state index in [-0.39, 0.29) is 5.91 Å². The van der Waals surface area contributed by atoms with E-state index in [9.17, 15) is 4.79 Å². The number of piperidine rings is 1. The van der Waals surface area contributed by atoms with E-state index < -0.39 is 5.60 Å². The van der Waals surface area contributed by atoms with Crippen LogP contribution in [0.5, 0.6) is 5.75 Å². The summed E-state index contributed by atoms with van der Waals surface area (Å²) in [6.45, 7) is 7.69. The average molecular weight is 350 g/mol. The molecule has 2 rings (SSSR count). The van der Waals surface area contributed by atoms with Gasteiger partial charge in [-0.25, -0.2) is 0 Å². The number of amides is 1. The SMILES string of the molecule is CCOCCOc1cc(C)ccc1CNC(=O)C1(OC)CCNCC1. The van der Waals surface area contributed by atoms with Crippen molar-refractivity contribution in [2.45, 2.75) is 38.8 Å². The molecule has 0 aliphatic carbocycles. The summed E-state index contributed by atoms with van der Waals surface area (Å²) in [5.41, 5.74) is 1.34. The zero-order valence-electron chi connectivity index (χ0n) is 15.5. The molecule has 6 nitrogen and oxygen atoms in total. The van der Waals surface area contributed by atoms with Crippen molar-refractivity contribution in [2.75, 3.05) is 40.0 Å². The molecule has 6 heteroatoms. The molecule has 1 aromatic rings. The summed E-state index contributed by atoms with van der Waals surface area (Å²) >= 11 is 0. The molecular formula is C19H30N2O4. The fraction of sp³-hybridized carbons (Fsp3) is 0.632. The first-order valence-electron chi connectivity index (χ1n) is 8.95. The number of carbonyl (C=O) groups excluding carboxylic acids is 1. The van der Waals surface area contributed by atoms with Crippen molar-refractivity contribution < 1.29 is 19.0 Å². The second kappa shape index (κ2) is 9.75. The monoisotopic (exact) mass is 350 g/mol. The lowest BCUT2D eigenvalue weighted by Crippen LogP contribution is -2.53. The third-order valence-electron chi connectivity index (χ3n) is 4.57. The van der Waals surface area contributed by atoms with Crippen LogP contribution in [-0.2, 0) is 20.8 Å². The zero-order chi connectivity index (χ0) is 18.1. The fourth-order valence-corrected chi connectivity index (χ4v) is 2.99. The maximum absolute atomic E-state index is 12.7. The third kappa shape index (κ3) is 5.42. The van der Waals surface area contributed by atoms with Gasteiger partial charge in [-0.1, -0.05) is 12.1 Å². The highest BCUT2D eigenvalue weighted by Crippen LogP contribution is 2.24. The van der Waals surface area contributed by atoms with Crippen molar-refractivity contribution in [2.24, 2.45) is 0 Å². The number of hydrogen-bond donors (Lipinski definition) is 2. The van der Waals surface area contributed by atoms with Crippen molar-refractivity contribution in [3.05, 3.63) is 29.3 Å². The largest absolute Gasteiger partial charge is 0.491 e. The van der Waals surface area contributed by atoms with Crippen LogP contribution < -0.4 is 15.4 Å². The summed E-state index contributed by atoms with van der Waals surface area (Å²) in [6, 6.07) is 6.01. The minimum atomic E-state index is -0.730. The number of benzene rings is 1. The molecule has 0 saturated carbocycles. The van der Waals surface area contributed by atoms with Gasteiger partial charge in [-0.2, -0.15) is 0 Å². The highest BCUT2D eigenvalue weighted by molar-refractivity contribution is 5.85. The summed E-state index contributed by atoms with van der Waals surface area (Å²) in [7, 11) is 1.61. The summed E-state index contributed by atoms with van der Waals surface area (Å²) in [6.07, 6.45) is 1.36. The lowest BCUT2D eigenvalue weighted by atomic mass is 9.91. The zero-order valence-corrected chi connectivity index (χ0v) is 15.5. The molecular weight excluding hydrogens is 320 g/mol. The van der Waals surface area contributed by atoms with Gasteiger partial charge in [-0.05, 0) is 51.4 Å². The van der Waals surface area contributed by atoms with Crippen molar-refractivity contribution in [3.63, 3.8) is 0 Å². The Morgan fingerprint density at radius 2 is 2.04 bits per heavy atom. The molecule has 1 fully saturated rings. The van der Waals surface area contributed by atoms with Crippen LogP contribution in [0.4, 0.5) is 0 Å². The highest BCUT2D eigenvalue weighted by atomic mass is 16.5. The molecule has 2 N–H and O–H groups in total. The van der Waals surface area contributed by atoms with Crippen LogP contribution >= 0.6 is 0 Å². The predicted octanol–water partition coefficient (Wildman–Crippen LogP) is 1.80. The average Bonchev–Trinajstić information content (AvgIpc) is 2.64. The predicted molar refractivity (Wildman–Crippen MR) is 96.9 cm³/mol. The lowest BCUT2D eigenvalue weighted by Gasteiger charge is -2.34. The van der Waals surface area contributed by atoms with Gasteiger partial charge in [-0.3, -0.25) is 4.79 Å². The number of ether oxygens (including phenoxy) is 3. The molecule has 1 aromatic carbocycles. The topological polar surface area (TPSA) is 68.8 Å². The molecule has 1 amide bonds. The van der Waals surface area contributed by atoms with E-state index in [1.54, 1.807) is 7.11 Å². The number of carbonyl (C=O) groups is 1. The van der Waals surface area contributed by atoms with E-state index in [0.717, 1.165) is 30.0 Å². The van der Waals surface area contributed by atoms with E-state index in [1.165, 1.54) is 0 Å². The van der Waals surface area contributed by atoms with Gasteiger partial charge in [0.1, 0.15) is 18.0 Å². The summed E-state index contributed by atoms with van der Waals surface area (Å²) in [4.78, 5) is 12.7. The molecule has 0 unspecified atom stereocenters. The van der Waals surface area contributed by atoms with Crippen LogP contribution in [0.3, 0.4) is 0 Å². The molecule has 0 radical (unpaired) electrons. The number of aryl methyl sites for hydroxylation is 1. The van der Waals surface area contributed by atoms with Gasteiger partial charge in [0.15, 0.2) is 0 Å². The van der Waals surface area contributed by atoms with Crippen molar-refractivity contribution in [1.82, 2.24) is 10.6 Å². The van der Waals surface area contributed by atoms with Crippen LogP contribution in [0.25, 0.3) is 0 Å². The Morgan fingerprint density at radius 3 is 2.72 bits per heavy atom. The molecule has 1 heterocycles. The Labute approximate surface area is 150 Å². The Morgan fingerprint density at radius 1 is 1.28 bits per heavy atom. The Bertz CT molecular complexity index is 556. The van der Waals surface area contributed by atoms with Gasteiger partial charge in [0, 0.05) is 25.8 Å². The fourth-order valence-electron chi connectivity index (χ4n) is 2.99. The number of rotatable bonds is 9. The molecule has 0 atom stereocenters. The standard InChI is InChI=1S/C19H30N2O4/c1-4-24-11-12-25-17-13-15(2)5-6-16(17)14-21-18(22)19(23-3)7-9-20-10-8-19/h5-6,13,20H,4,7-12,14H2,1-3H3,(H,21,22). The Balaban J connectivity index is 1.98. The molecule has 1 aliphatic heterocycles. The quantitative estimate of drug-likeness (QED) is 0.665. The van der Waals surface area contributed by atoms with Crippen LogP contribution in [0.15, 0.2) is 18.2 Å². The minimum Gasteiger partial charge on any atom is -0.491 e. The molecule has 140 valence electrons. The molecule has 0 aromatic heterocycles. The maximum atomic E-state index is 12.7. The van der Waals surface area contributed by atoms with E-state index >= 15 is 0 Å². The van der Waals surface area contributed by atoms with Crippen LogP contribution in [-0.4, -0.2) is 51.5 Å². The Kier molecular flexibility index (Phi) is 7.68. The first-order chi connectivity index (χ1) is 12.1. The van der Waals surface area contributed by atoms with E-state index in [0.29, 0.717) is 39.2 Å². The van der Waals surface area contributed by atoms with Crippen LogP contribution in [0, 0.1) is 6.92 Å². The highest BCUT2D eigenvalue weighted by Gasteiger charge is 2.39. The molecule has 1 aliphatic rings. The van der Waals surface area contributed by atoms with Gasteiger partial charge in [-0.15, -0.1) is 0 Å². The normalized spacial score (nSPS) is 16.4. The van der Waals surface area contributed by atoms with Crippen molar-refractivity contribution in [3.8, 4) is 5.75 Å². The first-order valence-corrected chi connectivity index (χ1v) is 8.95. The first kappa shape index (κ1) is 19.7. The number of hydrogen-bond acceptors (Lipinski definition) is 5. The van der Waals surface area contributed by atoms with E-state index in [4.69, 9.17) is 14.2 Å². The summed E-state index contributed by atoms with van der Waals surface area (Å²) < 4.78 is 16.7. The van der Waals surface area contributed by atoms with Gasteiger partial charge < -0.3 is 24.8 Å².